The molecule has 0 fully saturated rings. The molecule has 0 rings (SSSR count). The first-order valence-corrected chi connectivity index (χ1v) is 5.04. The van der Waals surface area contributed by atoms with Crippen LogP contribution < -0.4 is 5.06 Å². The zero-order valence-corrected chi connectivity index (χ0v) is 8.72. The first-order chi connectivity index (χ1) is 6.35. The zero-order chi connectivity index (χ0) is 9.94. The molecule has 0 aromatic heterocycles. The van der Waals surface area contributed by atoms with Crippen LogP contribution in [0.25, 0.3) is 0 Å². The number of hydrogen-bond acceptors (Lipinski definition) is 1. The molecule has 0 radical (unpaired) electrons. The van der Waals surface area contributed by atoms with Crippen LogP contribution in [0.3, 0.4) is 0 Å². The molecule has 0 aromatic carbocycles. The van der Waals surface area contributed by atoms with E-state index in [1.165, 1.54) is 12.8 Å². The molecule has 1 N–H and O–H groups in total. The van der Waals surface area contributed by atoms with Crippen molar-refractivity contribution in [1.29, 1.82) is 0 Å². The Bertz CT molecular complexity index is 124. The molecule has 0 atom stereocenters. The van der Waals surface area contributed by atoms with Gasteiger partial charge in [-0.2, -0.15) is 5.06 Å². The van der Waals surface area contributed by atoms with Crippen LogP contribution in [0.1, 0.15) is 26.2 Å². The molecule has 0 aliphatic heterocycles. The summed E-state index contributed by atoms with van der Waals surface area (Å²) in [4.78, 5) is 5.60. The number of quaternary nitrogens is 1. The minimum absolute atomic E-state index is 0.838. The average molecular weight is 184 g/mol. The molecule has 0 spiro atoms. The molecular weight excluding hydrogens is 162 g/mol. The maximum Gasteiger partial charge on any atom is 0.126 e. The van der Waals surface area contributed by atoms with Gasteiger partial charge in [-0.05, 0) is 18.6 Å². The Hall–Kier alpha value is -0.600. The molecule has 13 heavy (non-hydrogen) atoms. The molecule has 0 amide bonds. The molecule has 76 valence electrons. The van der Waals surface area contributed by atoms with E-state index in [-0.39, 0.29) is 0 Å². The Kier molecular flexibility index (Phi) is 9.05. The highest BCUT2D eigenvalue weighted by atomic mass is 16.7. The van der Waals surface area contributed by atoms with Gasteiger partial charge in [0.2, 0.25) is 0 Å². The van der Waals surface area contributed by atoms with E-state index in [9.17, 15) is 0 Å². The summed E-state index contributed by atoms with van der Waals surface area (Å²) in [5.41, 5.74) is 0. The fourth-order valence-corrected chi connectivity index (χ4v) is 1.09. The monoisotopic (exact) mass is 184 g/mol. The first-order valence-electron chi connectivity index (χ1n) is 5.04. The van der Waals surface area contributed by atoms with Gasteiger partial charge in [0.15, 0.2) is 0 Å². The predicted molar refractivity (Wildman–Crippen MR) is 56.6 cm³/mol. The fraction of sp³-hybridized carbons (Fsp3) is 0.636. The van der Waals surface area contributed by atoms with Crippen molar-refractivity contribution in [1.82, 2.24) is 0 Å². The second kappa shape index (κ2) is 9.49. The van der Waals surface area contributed by atoms with E-state index >= 15 is 0 Å². The van der Waals surface area contributed by atoms with Crippen LogP contribution in [0.4, 0.5) is 0 Å². The van der Waals surface area contributed by atoms with Crippen molar-refractivity contribution in [2.45, 2.75) is 26.2 Å². The largest absolute Gasteiger partial charge is 0.204 e. The van der Waals surface area contributed by atoms with E-state index in [1.54, 1.807) is 0 Å². The number of nitrogens with one attached hydrogen (secondary N) is 1. The third kappa shape index (κ3) is 7.75. The van der Waals surface area contributed by atoms with Crippen molar-refractivity contribution >= 4 is 0 Å². The highest BCUT2D eigenvalue weighted by Crippen LogP contribution is 1.91. The number of hydroxylamine groups is 2. The highest BCUT2D eigenvalue weighted by molar-refractivity contribution is 4.66. The Balaban J connectivity index is 3.43. The lowest BCUT2D eigenvalue weighted by Crippen LogP contribution is -3.10. The second-order valence-electron chi connectivity index (χ2n) is 3.08. The minimum atomic E-state index is 0.838. The van der Waals surface area contributed by atoms with Crippen molar-refractivity contribution < 1.29 is 9.90 Å². The lowest BCUT2D eigenvalue weighted by Gasteiger charge is -2.13. The van der Waals surface area contributed by atoms with E-state index in [0.717, 1.165) is 31.2 Å². The Morgan fingerprint density at radius 3 is 2.23 bits per heavy atom. The maximum atomic E-state index is 5.60. The maximum absolute atomic E-state index is 5.60. The van der Waals surface area contributed by atoms with Gasteiger partial charge in [-0.3, -0.25) is 0 Å². The van der Waals surface area contributed by atoms with Crippen LogP contribution in [0, 0.1) is 0 Å². The molecule has 0 aliphatic carbocycles. The number of hydrogen-bond donors (Lipinski definition) is 1. The summed E-state index contributed by atoms with van der Waals surface area (Å²) < 4.78 is 0. The van der Waals surface area contributed by atoms with Gasteiger partial charge in [-0.1, -0.05) is 32.9 Å². The summed E-state index contributed by atoms with van der Waals surface area (Å²) in [5.74, 6) is 0. The van der Waals surface area contributed by atoms with Gasteiger partial charge < -0.3 is 0 Å². The highest BCUT2D eigenvalue weighted by Gasteiger charge is 2.03. The summed E-state index contributed by atoms with van der Waals surface area (Å²) in [5, 5.41) is 1.08. The van der Waals surface area contributed by atoms with Crippen LogP contribution in [0.15, 0.2) is 25.3 Å². The van der Waals surface area contributed by atoms with E-state index in [0.29, 0.717) is 0 Å². The van der Waals surface area contributed by atoms with Gasteiger partial charge in [-0.25, -0.2) is 4.84 Å². The summed E-state index contributed by atoms with van der Waals surface area (Å²) in [6.45, 7) is 12.1. The lowest BCUT2D eigenvalue weighted by molar-refractivity contribution is -1.08. The minimum Gasteiger partial charge on any atom is -0.204 e. The molecule has 0 saturated heterocycles. The zero-order valence-electron chi connectivity index (χ0n) is 8.72. The third-order valence-electron chi connectivity index (χ3n) is 1.80. The van der Waals surface area contributed by atoms with Crippen LogP contribution >= 0.6 is 0 Å². The summed E-state index contributed by atoms with van der Waals surface area (Å²) in [7, 11) is 0. The molecule has 0 unspecified atom stereocenters. The smallest absolute Gasteiger partial charge is 0.126 e. The quantitative estimate of drug-likeness (QED) is 0.324. The summed E-state index contributed by atoms with van der Waals surface area (Å²) in [6, 6.07) is 0. The molecule has 2 heteroatoms. The van der Waals surface area contributed by atoms with Crippen LogP contribution in [0.5, 0.6) is 0 Å². The van der Waals surface area contributed by atoms with Crippen LogP contribution in [-0.2, 0) is 4.84 Å². The van der Waals surface area contributed by atoms with Crippen molar-refractivity contribution in [2.75, 3.05) is 19.7 Å². The van der Waals surface area contributed by atoms with Gasteiger partial charge in [-0.15, -0.1) is 0 Å². The van der Waals surface area contributed by atoms with Crippen molar-refractivity contribution in [3.8, 4) is 0 Å². The van der Waals surface area contributed by atoms with Gasteiger partial charge in [0, 0.05) is 0 Å². The fourth-order valence-electron chi connectivity index (χ4n) is 1.09. The molecule has 0 saturated carbocycles. The predicted octanol–water partition coefficient (Wildman–Crippen LogP) is 1.37. The number of rotatable bonds is 9. The van der Waals surface area contributed by atoms with Gasteiger partial charge in [0.1, 0.15) is 19.7 Å². The molecule has 0 aromatic rings. The summed E-state index contributed by atoms with van der Waals surface area (Å²) in [6.07, 6.45) is 7.38. The van der Waals surface area contributed by atoms with Crippen LogP contribution in [-0.4, -0.2) is 19.7 Å². The normalized spacial score (nSPS) is 10.3. The van der Waals surface area contributed by atoms with Gasteiger partial charge in [0.25, 0.3) is 0 Å². The van der Waals surface area contributed by atoms with E-state index < -0.39 is 0 Å². The average Bonchev–Trinajstić information content (AvgIpc) is 2.13. The second-order valence-corrected chi connectivity index (χ2v) is 3.08. The van der Waals surface area contributed by atoms with E-state index in [1.807, 2.05) is 12.2 Å². The van der Waals surface area contributed by atoms with E-state index in [2.05, 4.69) is 20.1 Å². The van der Waals surface area contributed by atoms with Gasteiger partial charge in [0.05, 0.1) is 0 Å². The lowest BCUT2D eigenvalue weighted by atomic mass is 10.3. The summed E-state index contributed by atoms with van der Waals surface area (Å²) >= 11 is 0. The number of unbranched alkanes of at least 4 members (excludes halogenated alkanes) is 2. The SMILES string of the molecule is C=CC[NH+](CC=C)OCCCCC. The molecule has 2 nitrogen and oxygen atoms in total. The Labute approximate surface area is 81.8 Å². The molecule has 0 aliphatic rings. The topological polar surface area (TPSA) is 13.7 Å². The van der Waals surface area contributed by atoms with Crippen molar-refractivity contribution in [3.63, 3.8) is 0 Å². The van der Waals surface area contributed by atoms with E-state index in [4.69, 9.17) is 4.84 Å². The standard InChI is InChI=1S/C11H21NO/c1-4-7-8-11-13-12(9-5-2)10-6-3/h5-6H,2-4,7-11H2,1H3/p+1. The molecular formula is C11H22NO+. The van der Waals surface area contributed by atoms with Crippen molar-refractivity contribution in [3.05, 3.63) is 25.3 Å². The first kappa shape index (κ1) is 12.4. The Morgan fingerprint density at radius 2 is 1.77 bits per heavy atom. The molecule has 0 heterocycles. The van der Waals surface area contributed by atoms with Crippen molar-refractivity contribution in [2.24, 2.45) is 0 Å². The Morgan fingerprint density at radius 1 is 1.15 bits per heavy atom. The third-order valence-corrected chi connectivity index (χ3v) is 1.80. The van der Waals surface area contributed by atoms with Gasteiger partial charge >= 0.3 is 0 Å². The van der Waals surface area contributed by atoms with Crippen LogP contribution in [0.2, 0.25) is 0 Å². The molecule has 0 bridgehead atoms.